The Morgan fingerprint density at radius 2 is 2.12 bits per heavy atom. The molecule has 134 valence electrons. The lowest BCUT2D eigenvalue weighted by atomic mass is 10.0. The minimum atomic E-state index is -0.00383. The largest absolute Gasteiger partial charge is 0.448 e. The van der Waals surface area contributed by atoms with Crippen LogP contribution in [0.15, 0.2) is 23.1 Å². The highest BCUT2D eigenvalue weighted by Gasteiger charge is 2.29. The van der Waals surface area contributed by atoms with Crippen molar-refractivity contribution >= 4 is 5.91 Å². The first kappa shape index (κ1) is 16.4. The molecule has 25 heavy (non-hydrogen) atoms. The molecule has 1 amide bonds. The molecule has 6 nitrogen and oxygen atoms in total. The van der Waals surface area contributed by atoms with Crippen molar-refractivity contribution in [3.8, 4) is 0 Å². The van der Waals surface area contributed by atoms with Gasteiger partial charge < -0.3 is 13.9 Å². The molecule has 2 aromatic heterocycles. The molecule has 1 unspecified atom stereocenters. The minimum Gasteiger partial charge on any atom is -0.448 e. The van der Waals surface area contributed by atoms with Gasteiger partial charge in [-0.05, 0) is 25.7 Å². The van der Waals surface area contributed by atoms with Gasteiger partial charge in [-0.1, -0.05) is 19.8 Å². The third kappa shape index (κ3) is 3.22. The number of hydrogen-bond acceptors (Lipinski definition) is 4. The normalized spacial score (nSPS) is 21.8. The number of piperidine rings is 1. The van der Waals surface area contributed by atoms with Crippen LogP contribution in [0.5, 0.6) is 0 Å². The number of carbonyl (C=O) groups is 1. The second-order valence-corrected chi connectivity index (χ2v) is 7.20. The van der Waals surface area contributed by atoms with E-state index in [2.05, 4.69) is 21.5 Å². The monoisotopic (exact) mass is 342 g/mol. The van der Waals surface area contributed by atoms with Crippen molar-refractivity contribution < 1.29 is 9.21 Å². The lowest BCUT2D eigenvalue weighted by molar-refractivity contribution is 0.0672. The quantitative estimate of drug-likeness (QED) is 0.852. The topological polar surface area (TPSA) is 64.2 Å². The summed E-state index contributed by atoms with van der Waals surface area (Å²) in [6.45, 7) is 3.62. The molecule has 4 rings (SSSR count). The van der Waals surface area contributed by atoms with Crippen LogP contribution in [0.2, 0.25) is 0 Å². The maximum Gasteiger partial charge on any atom is 0.275 e. The van der Waals surface area contributed by atoms with E-state index in [1.807, 2.05) is 17.3 Å². The lowest BCUT2D eigenvalue weighted by Gasteiger charge is -2.33. The zero-order valence-electron chi connectivity index (χ0n) is 14.9. The van der Waals surface area contributed by atoms with Gasteiger partial charge >= 0.3 is 0 Å². The maximum absolute atomic E-state index is 12.9. The van der Waals surface area contributed by atoms with E-state index in [0.29, 0.717) is 24.2 Å². The molecule has 0 spiro atoms. The number of oxazole rings is 1. The van der Waals surface area contributed by atoms with Gasteiger partial charge in [0, 0.05) is 37.8 Å². The van der Waals surface area contributed by atoms with E-state index in [1.54, 1.807) is 6.26 Å². The lowest BCUT2D eigenvalue weighted by Crippen LogP contribution is -2.41. The molecule has 3 heterocycles. The third-order valence-electron chi connectivity index (χ3n) is 5.59. The summed E-state index contributed by atoms with van der Waals surface area (Å²) in [4.78, 5) is 23.7. The predicted molar refractivity (Wildman–Crippen MR) is 93.5 cm³/mol. The Bertz CT molecular complexity index is 729. The molecule has 2 aliphatic rings. The molecule has 0 bridgehead atoms. The van der Waals surface area contributed by atoms with E-state index in [0.717, 1.165) is 50.4 Å². The first-order chi connectivity index (χ1) is 12.3. The molecule has 0 N–H and O–H groups in total. The van der Waals surface area contributed by atoms with Crippen LogP contribution in [0.25, 0.3) is 0 Å². The summed E-state index contributed by atoms with van der Waals surface area (Å²) in [7, 11) is 0. The van der Waals surface area contributed by atoms with Crippen molar-refractivity contribution in [2.45, 2.75) is 63.8 Å². The molecule has 1 atom stereocenters. The number of hydrogen-bond donors (Lipinski definition) is 0. The predicted octanol–water partition coefficient (Wildman–Crippen LogP) is 3.57. The molecule has 2 fully saturated rings. The van der Waals surface area contributed by atoms with E-state index in [1.165, 1.54) is 12.8 Å². The number of carbonyl (C=O) groups excluding carboxylic acids is 1. The van der Waals surface area contributed by atoms with Crippen molar-refractivity contribution in [3.63, 3.8) is 0 Å². The maximum atomic E-state index is 12.9. The second-order valence-electron chi connectivity index (χ2n) is 7.20. The first-order valence-corrected chi connectivity index (χ1v) is 9.52. The Morgan fingerprint density at radius 3 is 2.92 bits per heavy atom. The van der Waals surface area contributed by atoms with Crippen molar-refractivity contribution in [1.29, 1.82) is 0 Å². The number of rotatable bonds is 4. The van der Waals surface area contributed by atoms with Crippen LogP contribution in [0.3, 0.4) is 0 Å². The third-order valence-corrected chi connectivity index (χ3v) is 5.59. The first-order valence-electron chi connectivity index (χ1n) is 9.52. The Balaban J connectivity index is 1.46. The Morgan fingerprint density at radius 1 is 1.28 bits per heavy atom. The summed E-state index contributed by atoms with van der Waals surface area (Å²) in [6.07, 6.45) is 13.1. The van der Waals surface area contributed by atoms with Gasteiger partial charge in [0.15, 0.2) is 11.6 Å². The minimum absolute atomic E-state index is 0.00383. The highest BCUT2D eigenvalue weighted by atomic mass is 16.3. The molecule has 1 aliphatic carbocycles. The zero-order chi connectivity index (χ0) is 17.2. The summed E-state index contributed by atoms with van der Waals surface area (Å²) in [5.41, 5.74) is 0.462. The molecule has 1 saturated heterocycles. The van der Waals surface area contributed by atoms with E-state index in [4.69, 9.17) is 4.42 Å². The fourth-order valence-electron chi connectivity index (χ4n) is 4.22. The number of aromatic nitrogens is 3. The smallest absolute Gasteiger partial charge is 0.275 e. The Hall–Kier alpha value is -2.11. The van der Waals surface area contributed by atoms with Crippen molar-refractivity contribution in [1.82, 2.24) is 19.4 Å². The van der Waals surface area contributed by atoms with Crippen LogP contribution in [0.4, 0.5) is 0 Å². The standard InChI is InChI=1S/C19H26N4O2/c1-2-17-20-9-11-23(17)15-8-5-10-22(12-15)19(24)16-13-25-18(21-16)14-6-3-4-7-14/h9,11,13-15H,2-8,10,12H2,1H3. The van der Waals surface area contributed by atoms with Crippen molar-refractivity contribution in [3.05, 3.63) is 36.1 Å². The van der Waals surface area contributed by atoms with E-state index >= 15 is 0 Å². The number of imidazole rings is 1. The number of likely N-dealkylation sites (tertiary alicyclic amines) is 1. The molecule has 2 aromatic rings. The molecule has 0 aromatic carbocycles. The van der Waals surface area contributed by atoms with Crippen LogP contribution in [0, 0.1) is 0 Å². The van der Waals surface area contributed by atoms with Crippen LogP contribution in [-0.4, -0.2) is 38.4 Å². The molecule has 1 saturated carbocycles. The van der Waals surface area contributed by atoms with Gasteiger partial charge in [0.25, 0.3) is 5.91 Å². The van der Waals surface area contributed by atoms with Gasteiger partial charge in [-0.2, -0.15) is 0 Å². The average molecular weight is 342 g/mol. The summed E-state index contributed by atoms with van der Waals surface area (Å²) >= 11 is 0. The Kier molecular flexibility index (Phi) is 4.59. The summed E-state index contributed by atoms with van der Waals surface area (Å²) in [5, 5.41) is 0. The molecular formula is C19H26N4O2. The second kappa shape index (κ2) is 7.02. The molecular weight excluding hydrogens is 316 g/mol. The summed E-state index contributed by atoms with van der Waals surface area (Å²) < 4.78 is 7.85. The summed E-state index contributed by atoms with van der Waals surface area (Å²) in [6, 6.07) is 0.302. The fourth-order valence-corrected chi connectivity index (χ4v) is 4.22. The van der Waals surface area contributed by atoms with Gasteiger partial charge in [-0.25, -0.2) is 9.97 Å². The van der Waals surface area contributed by atoms with E-state index in [9.17, 15) is 4.79 Å². The fraction of sp³-hybridized carbons (Fsp3) is 0.632. The van der Waals surface area contributed by atoms with Gasteiger partial charge in [0.1, 0.15) is 12.1 Å². The average Bonchev–Trinajstić information content (AvgIpc) is 3.41. The number of aryl methyl sites for hydroxylation is 1. The zero-order valence-corrected chi connectivity index (χ0v) is 14.9. The van der Waals surface area contributed by atoms with Gasteiger partial charge in [-0.15, -0.1) is 0 Å². The van der Waals surface area contributed by atoms with E-state index < -0.39 is 0 Å². The molecule has 1 aliphatic heterocycles. The SMILES string of the molecule is CCc1nccn1C1CCCN(C(=O)c2coc(C3CCCC3)n2)C1. The van der Waals surface area contributed by atoms with E-state index in [-0.39, 0.29) is 5.91 Å². The number of nitrogens with zero attached hydrogens (tertiary/aromatic N) is 4. The van der Waals surface area contributed by atoms with Crippen molar-refractivity contribution in [2.24, 2.45) is 0 Å². The van der Waals surface area contributed by atoms with Crippen molar-refractivity contribution in [2.75, 3.05) is 13.1 Å². The van der Waals surface area contributed by atoms with Crippen LogP contribution >= 0.6 is 0 Å². The van der Waals surface area contributed by atoms with Gasteiger partial charge in [-0.3, -0.25) is 4.79 Å². The highest BCUT2D eigenvalue weighted by molar-refractivity contribution is 5.92. The van der Waals surface area contributed by atoms with Crippen LogP contribution < -0.4 is 0 Å². The Labute approximate surface area is 148 Å². The molecule has 6 heteroatoms. The molecule has 0 radical (unpaired) electrons. The highest BCUT2D eigenvalue weighted by Crippen LogP contribution is 2.33. The van der Waals surface area contributed by atoms with Gasteiger partial charge in [0.2, 0.25) is 0 Å². The number of amides is 1. The van der Waals surface area contributed by atoms with Crippen LogP contribution in [0.1, 0.15) is 79.6 Å². The summed E-state index contributed by atoms with van der Waals surface area (Å²) in [5.74, 6) is 2.23. The van der Waals surface area contributed by atoms with Crippen LogP contribution in [-0.2, 0) is 6.42 Å². The van der Waals surface area contributed by atoms with Gasteiger partial charge in [0.05, 0.1) is 6.04 Å².